The number of carbonyl (C=O) groups excluding carboxylic acids is 1. The molecule has 0 heterocycles. The molecule has 1 aromatic rings. The lowest BCUT2D eigenvalue weighted by Gasteiger charge is -2.14. The van der Waals surface area contributed by atoms with Crippen LogP contribution < -0.4 is 5.32 Å². The zero-order valence-electron chi connectivity index (χ0n) is 11.3. The Morgan fingerprint density at radius 3 is 2.17 bits per heavy atom. The molecule has 2 unspecified atom stereocenters. The summed E-state index contributed by atoms with van der Waals surface area (Å²) in [5.74, 6) is 0.0506. The number of amides is 1. The zero-order valence-corrected chi connectivity index (χ0v) is 12.1. The van der Waals surface area contributed by atoms with Crippen molar-refractivity contribution in [2.45, 2.75) is 50.0 Å². The minimum Gasteiger partial charge on any atom is -0.389 e. The SMILES string of the molecule is CC(C)NC(=O)C(C)Sc1ccc(C(C)O)cc1. The molecule has 0 aliphatic heterocycles. The number of benzene rings is 1. The molecule has 18 heavy (non-hydrogen) atoms. The highest BCUT2D eigenvalue weighted by atomic mass is 32.2. The second-order valence-electron chi connectivity index (χ2n) is 4.67. The summed E-state index contributed by atoms with van der Waals surface area (Å²) in [5, 5.41) is 12.2. The van der Waals surface area contributed by atoms with E-state index in [-0.39, 0.29) is 17.2 Å². The molecule has 1 rings (SSSR count). The summed E-state index contributed by atoms with van der Waals surface area (Å²) in [5.41, 5.74) is 0.888. The second kappa shape index (κ2) is 6.81. The quantitative estimate of drug-likeness (QED) is 0.807. The van der Waals surface area contributed by atoms with Crippen molar-refractivity contribution in [1.82, 2.24) is 5.32 Å². The van der Waals surface area contributed by atoms with E-state index in [0.29, 0.717) is 0 Å². The van der Waals surface area contributed by atoms with Gasteiger partial charge in [0.25, 0.3) is 0 Å². The number of rotatable bonds is 5. The fraction of sp³-hybridized carbons (Fsp3) is 0.500. The van der Waals surface area contributed by atoms with Gasteiger partial charge in [-0.3, -0.25) is 4.79 Å². The molecule has 0 bridgehead atoms. The van der Waals surface area contributed by atoms with Crippen molar-refractivity contribution in [1.29, 1.82) is 0 Å². The van der Waals surface area contributed by atoms with Crippen LogP contribution in [0.3, 0.4) is 0 Å². The molecule has 2 N–H and O–H groups in total. The summed E-state index contributed by atoms with van der Waals surface area (Å²) in [6, 6.07) is 7.82. The fourth-order valence-corrected chi connectivity index (χ4v) is 2.36. The smallest absolute Gasteiger partial charge is 0.233 e. The van der Waals surface area contributed by atoms with E-state index in [1.165, 1.54) is 11.8 Å². The van der Waals surface area contributed by atoms with Crippen molar-refractivity contribution in [3.8, 4) is 0 Å². The van der Waals surface area contributed by atoms with Gasteiger partial charge in [-0.1, -0.05) is 12.1 Å². The molecule has 0 radical (unpaired) electrons. The van der Waals surface area contributed by atoms with Crippen LogP contribution in [0.4, 0.5) is 0 Å². The van der Waals surface area contributed by atoms with Crippen molar-refractivity contribution in [2.75, 3.05) is 0 Å². The van der Waals surface area contributed by atoms with Crippen molar-refractivity contribution < 1.29 is 9.90 Å². The van der Waals surface area contributed by atoms with Gasteiger partial charge in [-0.15, -0.1) is 11.8 Å². The van der Waals surface area contributed by atoms with Crippen LogP contribution in [0.25, 0.3) is 0 Å². The topological polar surface area (TPSA) is 49.3 Å². The van der Waals surface area contributed by atoms with Crippen LogP contribution in [-0.2, 0) is 4.79 Å². The predicted molar refractivity (Wildman–Crippen MR) is 75.7 cm³/mol. The highest BCUT2D eigenvalue weighted by Gasteiger charge is 2.14. The summed E-state index contributed by atoms with van der Waals surface area (Å²) in [6.45, 7) is 7.53. The monoisotopic (exact) mass is 267 g/mol. The van der Waals surface area contributed by atoms with E-state index in [2.05, 4.69) is 5.32 Å². The van der Waals surface area contributed by atoms with Gasteiger partial charge in [0, 0.05) is 10.9 Å². The largest absolute Gasteiger partial charge is 0.389 e. The maximum Gasteiger partial charge on any atom is 0.233 e. The van der Waals surface area contributed by atoms with Gasteiger partial charge in [0.15, 0.2) is 0 Å². The van der Waals surface area contributed by atoms with E-state index < -0.39 is 6.10 Å². The molecule has 100 valence electrons. The van der Waals surface area contributed by atoms with Gasteiger partial charge in [-0.25, -0.2) is 0 Å². The Balaban J connectivity index is 2.59. The lowest BCUT2D eigenvalue weighted by atomic mass is 10.1. The first-order chi connectivity index (χ1) is 8.40. The fourth-order valence-electron chi connectivity index (χ4n) is 1.48. The van der Waals surface area contributed by atoms with Gasteiger partial charge in [0.1, 0.15) is 0 Å². The van der Waals surface area contributed by atoms with Crippen molar-refractivity contribution in [2.24, 2.45) is 0 Å². The first-order valence-electron chi connectivity index (χ1n) is 6.15. The maximum atomic E-state index is 11.8. The van der Waals surface area contributed by atoms with Gasteiger partial charge < -0.3 is 10.4 Å². The van der Waals surface area contributed by atoms with Crippen molar-refractivity contribution >= 4 is 17.7 Å². The number of carbonyl (C=O) groups is 1. The minimum atomic E-state index is -0.453. The Morgan fingerprint density at radius 2 is 1.72 bits per heavy atom. The third-order valence-corrected chi connectivity index (χ3v) is 3.59. The van der Waals surface area contributed by atoms with Crippen LogP contribution in [0.1, 0.15) is 39.4 Å². The Bertz CT molecular complexity index is 387. The minimum absolute atomic E-state index is 0.0506. The van der Waals surface area contributed by atoms with Gasteiger partial charge in [-0.05, 0) is 45.4 Å². The average Bonchev–Trinajstić information content (AvgIpc) is 2.28. The highest BCUT2D eigenvalue weighted by Crippen LogP contribution is 2.25. The molecule has 3 nitrogen and oxygen atoms in total. The lowest BCUT2D eigenvalue weighted by molar-refractivity contribution is -0.120. The van der Waals surface area contributed by atoms with Crippen LogP contribution in [0, 0.1) is 0 Å². The molecule has 0 spiro atoms. The van der Waals surface area contributed by atoms with Crippen molar-refractivity contribution in [3.05, 3.63) is 29.8 Å². The van der Waals surface area contributed by atoms with E-state index in [0.717, 1.165) is 10.5 Å². The molecule has 2 atom stereocenters. The molecule has 0 saturated carbocycles. The standard InChI is InChI=1S/C14H21NO2S/c1-9(2)15-14(17)11(4)18-13-7-5-12(6-8-13)10(3)16/h5-11,16H,1-4H3,(H,15,17). The molecule has 0 saturated heterocycles. The summed E-state index contributed by atoms with van der Waals surface area (Å²) < 4.78 is 0. The number of aliphatic hydroxyl groups is 1. The molecule has 1 amide bonds. The molecular formula is C14H21NO2S. The first-order valence-corrected chi connectivity index (χ1v) is 7.03. The summed E-state index contributed by atoms with van der Waals surface area (Å²) in [4.78, 5) is 12.8. The van der Waals surface area contributed by atoms with E-state index >= 15 is 0 Å². The van der Waals surface area contributed by atoms with E-state index in [9.17, 15) is 9.90 Å². The van der Waals surface area contributed by atoms with Crippen molar-refractivity contribution in [3.63, 3.8) is 0 Å². The lowest BCUT2D eigenvalue weighted by Crippen LogP contribution is -2.35. The van der Waals surface area contributed by atoms with E-state index in [1.54, 1.807) is 6.92 Å². The summed E-state index contributed by atoms with van der Waals surface area (Å²) in [6.07, 6.45) is -0.453. The Morgan fingerprint density at radius 1 is 1.17 bits per heavy atom. The number of nitrogens with one attached hydrogen (secondary N) is 1. The van der Waals surface area contributed by atoms with E-state index in [1.807, 2.05) is 45.0 Å². The molecular weight excluding hydrogens is 246 g/mol. The van der Waals surface area contributed by atoms with Gasteiger partial charge in [0.05, 0.1) is 11.4 Å². The molecule has 0 fully saturated rings. The van der Waals surface area contributed by atoms with Crippen LogP contribution in [0.5, 0.6) is 0 Å². The molecule has 1 aromatic carbocycles. The Labute approximate surface area is 113 Å². The zero-order chi connectivity index (χ0) is 13.7. The second-order valence-corrected chi connectivity index (χ2v) is 6.08. The predicted octanol–water partition coefficient (Wildman–Crippen LogP) is 2.75. The van der Waals surface area contributed by atoms with Gasteiger partial charge in [-0.2, -0.15) is 0 Å². The average molecular weight is 267 g/mol. The van der Waals surface area contributed by atoms with Crippen LogP contribution in [-0.4, -0.2) is 22.3 Å². The van der Waals surface area contributed by atoms with Gasteiger partial charge in [0.2, 0.25) is 5.91 Å². The summed E-state index contributed by atoms with van der Waals surface area (Å²) >= 11 is 1.52. The van der Waals surface area contributed by atoms with Crippen LogP contribution in [0.15, 0.2) is 29.2 Å². The molecule has 4 heteroatoms. The molecule has 0 aromatic heterocycles. The molecule has 0 aliphatic rings. The molecule has 0 aliphatic carbocycles. The normalized spacial score (nSPS) is 14.3. The summed E-state index contributed by atoms with van der Waals surface area (Å²) in [7, 11) is 0. The van der Waals surface area contributed by atoms with Gasteiger partial charge >= 0.3 is 0 Å². The Hall–Kier alpha value is -1.00. The number of thioether (sulfide) groups is 1. The maximum absolute atomic E-state index is 11.8. The number of hydrogen-bond donors (Lipinski definition) is 2. The highest BCUT2D eigenvalue weighted by molar-refractivity contribution is 8.00. The third-order valence-electron chi connectivity index (χ3n) is 2.48. The Kier molecular flexibility index (Phi) is 5.69. The van der Waals surface area contributed by atoms with Crippen LogP contribution in [0.2, 0.25) is 0 Å². The van der Waals surface area contributed by atoms with E-state index in [4.69, 9.17) is 0 Å². The third kappa shape index (κ3) is 4.70. The number of aliphatic hydroxyl groups excluding tert-OH is 1. The first kappa shape index (κ1) is 15.1. The number of hydrogen-bond acceptors (Lipinski definition) is 3. The van der Waals surface area contributed by atoms with Crippen LogP contribution >= 0.6 is 11.8 Å².